The van der Waals surface area contributed by atoms with Gasteiger partial charge < -0.3 is 34.1 Å². The lowest BCUT2D eigenvalue weighted by atomic mass is 9.82. The molecule has 10 nitrogen and oxygen atoms in total. The first-order valence-corrected chi connectivity index (χ1v) is 23.5. The predicted octanol–water partition coefficient (Wildman–Crippen LogP) is 9.45. The Morgan fingerprint density at radius 1 is 0.636 bits per heavy atom. The van der Waals surface area contributed by atoms with Gasteiger partial charge in [0.2, 0.25) is 5.60 Å². The molecule has 0 heterocycles. The zero-order valence-electron chi connectivity index (χ0n) is 36.0. The first kappa shape index (κ1) is 55.9. The maximum absolute atomic E-state index is 12.8. The molecule has 0 rings (SSSR count). The lowest BCUT2D eigenvalue weighted by Crippen LogP contribution is -2.57. The van der Waals surface area contributed by atoms with E-state index in [1.807, 2.05) is 21.1 Å². The molecule has 0 fully saturated rings. The van der Waals surface area contributed by atoms with Gasteiger partial charge in [0.15, 0.2) is 11.6 Å². The summed E-state index contributed by atoms with van der Waals surface area (Å²) in [6.07, 6.45) is 37.3. The summed E-state index contributed by atoms with van der Waals surface area (Å²) in [6, 6.07) is 0. The first-order chi connectivity index (χ1) is 26.2. The second-order valence-corrected chi connectivity index (χ2v) is 17.5. The number of carbonyl (C=O) groups is 2. The number of phosphoric ester groups is 1. The molecular weight excluding hydrogens is 717 g/mol. The van der Waals surface area contributed by atoms with Gasteiger partial charge in [0.1, 0.15) is 19.3 Å². The zero-order valence-corrected chi connectivity index (χ0v) is 36.9. The van der Waals surface area contributed by atoms with Crippen LogP contribution in [-0.4, -0.2) is 88.9 Å². The number of hydrogen-bond donors (Lipinski definition) is 4. The highest BCUT2D eigenvalue weighted by atomic mass is 31.2. The van der Waals surface area contributed by atoms with Crippen molar-refractivity contribution in [1.82, 2.24) is 0 Å². The van der Waals surface area contributed by atoms with Crippen LogP contribution in [-0.2, 0) is 18.7 Å². The smallest absolute Gasteiger partial charge is 0.265 e. The molecule has 11 heteroatoms. The molecule has 0 amide bonds. The van der Waals surface area contributed by atoms with Gasteiger partial charge in [0.05, 0.1) is 27.7 Å². The third kappa shape index (κ3) is 36.8. The van der Waals surface area contributed by atoms with Crippen LogP contribution in [0.2, 0.25) is 0 Å². The van der Waals surface area contributed by atoms with Crippen molar-refractivity contribution in [2.45, 2.75) is 205 Å². The van der Waals surface area contributed by atoms with Crippen molar-refractivity contribution in [1.29, 1.82) is 0 Å². The fourth-order valence-electron chi connectivity index (χ4n) is 6.18. The zero-order chi connectivity index (χ0) is 41.7. The number of aliphatic hydroxyl groups is 3. The number of allylic oxidation sites excluding steroid dienone is 4. The summed E-state index contributed by atoms with van der Waals surface area (Å²) in [4.78, 5) is 43.9. The lowest BCUT2D eigenvalue weighted by Gasteiger charge is -2.29. The van der Waals surface area contributed by atoms with E-state index in [0.717, 1.165) is 64.2 Å². The molecule has 2 atom stereocenters. The first-order valence-electron chi connectivity index (χ1n) is 22.0. The Balaban J connectivity index is 0. The minimum atomic E-state index is -4.51. The maximum atomic E-state index is 12.8. The van der Waals surface area contributed by atoms with Crippen LogP contribution in [0.25, 0.3) is 0 Å². The number of phosphoric acid groups is 1. The molecule has 0 saturated carbocycles. The average Bonchev–Trinajstić information content (AvgIpc) is 3.13. The lowest BCUT2D eigenvalue weighted by molar-refractivity contribution is -0.870. The topological polar surface area (TPSA) is 164 Å². The van der Waals surface area contributed by atoms with Crippen LogP contribution < -0.4 is 4.89 Å². The van der Waals surface area contributed by atoms with Crippen LogP contribution in [0.4, 0.5) is 0 Å². The van der Waals surface area contributed by atoms with E-state index in [1.165, 1.54) is 89.9 Å². The monoisotopic (exact) mass is 804 g/mol. The Kier molecular flexibility index (Phi) is 37.7. The van der Waals surface area contributed by atoms with Crippen LogP contribution in [0.15, 0.2) is 24.3 Å². The second-order valence-electron chi connectivity index (χ2n) is 16.3. The molecule has 0 aliphatic rings. The molecule has 0 spiro atoms. The largest absolute Gasteiger partial charge is 0.756 e. The standard InChI is InChI=1S/C39H72O5.C5H14NO4P/c1-3-5-7-9-11-13-15-17-19-21-23-25-27-29-31-33-36(41)39(44,38(43)35-40)37(42)34-32-30-28-26-24-22-20-18-16-14-12-10-8-6-4-2;1-6(2,3)4-5-10-11(7,8)9/h17-20,38,40,43-44H,3-16,21-35H2,1-2H3;4-5H2,1-3H3,(H-,7,8,9)/b19-17-,20-18-;/t38-;/m0./s1. The summed E-state index contributed by atoms with van der Waals surface area (Å²) in [6.45, 7) is 4.23. The van der Waals surface area contributed by atoms with E-state index in [9.17, 15) is 34.4 Å². The number of rotatable bonds is 38. The van der Waals surface area contributed by atoms with E-state index in [4.69, 9.17) is 4.89 Å². The minimum Gasteiger partial charge on any atom is -0.756 e. The highest BCUT2D eigenvalue weighted by molar-refractivity contribution is 7.44. The number of hydrogen-bond acceptors (Lipinski definition) is 8. The van der Waals surface area contributed by atoms with Crippen molar-refractivity contribution in [3.63, 3.8) is 0 Å². The van der Waals surface area contributed by atoms with Gasteiger partial charge in [0, 0.05) is 12.8 Å². The van der Waals surface area contributed by atoms with Gasteiger partial charge in [-0.1, -0.05) is 141 Å². The summed E-state index contributed by atoms with van der Waals surface area (Å²) in [5.41, 5.74) is -2.49. The Hall–Kier alpha value is -1.23. The number of Topliss-reactive ketones (excluding diaryl/α,β-unsaturated/α-hetero) is 2. The van der Waals surface area contributed by atoms with E-state index in [1.54, 1.807) is 0 Å². The third-order valence-electron chi connectivity index (χ3n) is 9.85. The van der Waals surface area contributed by atoms with Gasteiger partial charge in [-0.2, -0.15) is 0 Å². The number of likely N-dealkylation sites (N-methyl/N-ethyl adjacent to an activating group) is 1. The van der Waals surface area contributed by atoms with E-state index < -0.39 is 37.7 Å². The summed E-state index contributed by atoms with van der Waals surface area (Å²) in [7, 11) is 1.19. The van der Waals surface area contributed by atoms with Gasteiger partial charge in [-0.05, 0) is 64.2 Å². The van der Waals surface area contributed by atoms with Crippen molar-refractivity contribution in [2.24, 2.45) is 0 Å². The van der Waals surface area contributed by atoms with Crippen molar-refractivity contribution >= 4 is 19.4 Å². The minimum absolute atomic E-state index is 0.0147. The van der Waals surface area contributed by atoms with E-state index in [-0.39, 0.29) is 19.4 Å². The molecule has 0 radical (unpaired) electrons. The molecule has 1 unspecified atom stereocenters. The van der Waals surface area contributed by atoms with Crippen LogP contribution in [0.5, 0.6) is 0 Å². The van der Waals surface area contributed by atoms with Crippen molar-refractivity contribution in [3.8, 4) is 0 Å². The quantitative estimate of drug-likeness (QED) is 0.0156. The third-order valence-corrected chi connectivity index (χ3v) is 10.4. The molecule has 326 valence electrons. The highest BCUT2D eigenvalue weighted by Crippen LogP contribution is 2.29. The second kappa shape index (κ2) is 37.1. The van der Waals surface area contributed by atoms with Crippen molar-refractivity contribution in [2.75, 3.05) is 40.9 Å². The Morgan fingerprint density at radius 3 is 1.24 bits per heavy atom. The number of unbranched alkanes of at least 4 members (excludes halogenated alkanes) is 22. The fourth-order valence-corrected chi connectivity index (χ4v) is 6.50. The Bertz CT molecular complexity index is 954. The Morgan fingerprint density at radius 2 is 0.945 bits per heavy atom. The van der Waals surface area contributed by atoms with E-state index in [0.29, 0.717) is 23.9 Å². The van der Waals surface area contributed by atoms with Crippen LogP contribution in [0.1, 0.15) is 194 Å². The summed E-state index contributed by atoms with van der Waals surface area (Å²) in [5.74, 6) is -1.32. The Labute approximate surface area is 337 Å². The fraction of sp³-hybridized carbons (Fsp3) is 0.864. The molecule has 4 N–H and O–H groups in total. The maximum Gasteiger partial charge on any atom is 0.265 e. The molecule has 55 heavy (non-hydrogen) atoms. The molecule has 0 aliphatic heterocycles. The highest BCUT2D eigenvalue weighted by Gasteiger charge is 2.48. The predicted molar refractivity (Wildman–Crippen MR) is 226 cm³/mol. The SMILES string of the molecule is CCCCCCCC/C=C\CCCCCCCC(=O)C(O)(C(=O)CCCCCCC/C=C\CCCCCCCC)[C@@H](O)CO.C[N+](C)(C)CCOP(=O)([O-])O. The molecule has 0 aromatic carbocycles. The number of ketones is 2. The van der Waals surface area contributed by atoms with Gasteiger partial charge >= 0.3 is 0 Å². The number of carbonyl (C=O) groups excluding carboxylic acids is 2. The molecule has 0 aliphatic carbocycles. The van der Waals surface area contributed by atoms with Gasteiger partial charge in [-0.15, -0.1) is 0 Å². The number of nitrogens with zero attached hydrogens (tertiary/aromatic N) is 1. The van der Waals surface area contributed by atoms with E-state index >= 15 is 0 Å². The van der Waals surface area contributed by atoms with Crippen LogP contribution in [0, 0.1) is 0 Å². The average molecular weight is 804 g/mol. The molecule has 0 saturated heterocycles. The molecular formula is C44H86NO9P. The summed E-state index contributed by atoms with van der Waals surface area (Å²) in [5, 5.41) is 30.6. The molecule has 0 bridgehead atoms. The molecule has 0 aromatic rings. The van der Waals surface area contributed by atoms with Crippen LogP contribution in [0.3, 0.4) is 0 Å². The number of aliphatic hydroxyl groups excluding tert-OH is 2. The summed E-state index contributed by atoms with van der Waals surface area (Å²) >= 11 is 0. The summed E-state index contributed by atoms with van der Waals surface area (Å²) < 4.78 is 14.8. The number of quaternary nitrogens is 1. The molecule has 0 aromatic heterocycles. The van der Waals surface area contributed by atoms with Gasteiger partial charge in [0.25, 0.3) is 7.82 Å². The van der Waals surface area contributed by atoms with Crippen LogP contribution >= 0.6 is 7.82 Å². The van der Waals surface area contributed by atoms with Gasteiger partial charge in [-0.25, -0.2) is 0 Å². The van der Waals surface area contributed by atoms with Gasteiger partial charge in [-0.3, -0.25) is 14.2 Å². The normalized spacial score (nSPS) is 13.9. The van der Waals surface area contributed by atoms with E-state index in [2.05, 4.69) is 42.7 Å². The van der Waals surface area contributed by atoms with Crippen molar-refractivity contribution in [3.05, 3.63) is 24.3 Å². The van der Waals surface area contributed by atoms with Crippen molar-refractivity contribution < 1.29 is 48.3 Å².